The van der Waals surface area contributed by atoms with Crippen LogP contribution >= 0.6 is 11.6 Å². The molecule has 0 bridgehead atoms. The van der Waals surface area contributed by atoms with E-state index in [9.17, 15) is 0 Å². The van der Waals surface area contributed by atoms with Gasteiger partial charge >= 0.3 is 0 Å². The molecule has 0 saturated carbocycles. The van der Waals surface area contributed by atoms with Gasteiger partial charge in [0.2, 0.25) is 0 Å². The summed E-state index contributed by atoms with van der Waals surface area (Å²) in [5, 5.41) is 3.82. The first kappa shape index (κ1) is 16.9. The summed E-state index contributed by atoms with van der Waals surface area (Å²) >= 11 is 6.25. The largest absolute Gasteiger partial charge is 0.490 e. The van der Waals surface area contributed by atoms with Crippen molar-refractivity contribution in [3.63, 3.8) is 0 Å². The maximum Gasteiger partial charge on any atom is 0.112 e. The Morgan fingerprint density at radius 2 is 2.00 bits per heavy atom. The van der Waals surface area contributed by atoms with Gasteiger partial charge in [-0.2, -0.15) is 0 Å². The minimum absolute atomic E-state index is 0.411. The molecular formula is C17H21ClN2O. The zero-order chi connectivity index (χ0) is 16.0. The van der Waals surface area contributed by atoms with Crippen LogP contribution in [0.1, 0.15) is 13.8 Å². The van der Waals surface area contributed by atoms with E-state index in [1.807, 2.05) is 19.9 Å². The highest BCUT2D eigenvalue weighted by Gasteiger charge is 2.20. The fourth-order valence-electron chi connectivity index (χ4n) is 1.97. The monoisotopic (exact) mass is 304 g/mol. The Labute approximate surface area is 131 Å². The van der Waals surface area contributed by atoms with Crippen LogP contribution in [0.25, 0.3) is 0 Å². The van der Waals surface area contributed by atoms with E-state index in [-0.39, 0.29) is 0 Å². The molecule has 0 radical (unpaired) electrons. The van der Waals surface area contributed by atoms with Crippen LogP contribution in [0.3, 0.4) is 0 Å². The summed E-state index contributed by atoms with van der Waals surface area (Å²) in [6, 6.07) is 0. The average Bonchev–Trinajstić information content (AvgIpc) is 2.46. The van der Waals surface area contributed by atoms with Gasteiger partial charge in [-0.15, -0.1) is 0 Å². The van der Waals surface area contributed by atoms with Crippen molar-refractivity contribution >= 4 is 11.6 Å². The molecule has 0 aliphatic carbocycles. The second-order valence-electron chi connectivity index (χ2n) is 4.56. The summed E-state index contributed by atoms with van der Waals surface area (Å²) in [5.74, 6) is 0.528. The third kappa shape index (κ3) is 4.17. The number of rotatable bonds is 6. The van der Waals surface area contributed by atoms with E-state index >= 15 is 0 Å². The standard InChI is InChI=1S/C17H21ClN2O/c1-6-9-21-11(2)7-8-15(10-19)16-12(3)17(18)14(5)20-13(16)4/h6-8,10,20H,1-3,9,19H2,4-5H3/b8-7-,15-10+. The number of hydrogen-bond acceptors (Lipinski definition) is 3. The number of ether oxygens (including phenoxy) is 1. The van der Waals surface area contributed by atoms with Gasteiger partial charge in [0.05, 0.1) is 5.03 Å². The van der Waals surface area contributed by atoms with Gasteiger partial charge in [0.15, 0.2) is 0 Å². The molecule has 0 spiro atoms. The summed E-state index contributed by atoms with van der Waals surface area (Å²) in [7, 11) is 0. The lowest BCUT2D eigenvalue weighted by molar-refractivity contribution is 0.263. The second kappa shape index (κ2) is 7.60. The number of halogens is 1. The predicted octanol–water partition coefficient (Wildman–Crippen LogP) is 4.01. The minimum Gasteiger partial charge on any atom is -0.490 e. The fraction of sp³-hybridized carbons (Fsp3) is 0.176. The van der Waals surface area contributed by atoms with E-state index in [1.54, 1.807) is 12.2 Å². The molecule has 1 aliphatic rings. The molecule has 0 aromatic carbocycles. The lowest BCUT2D eigenvalue weighted by Gasteiger charge is -2.24. The SMILES string of the molecule is C=CCOC(=C)/C=C\C(=C/N)C1=C(C)NC(C)=C(Cl)C1=C. The van der Waals surface area contributed by atoms with Gasteiger partial charge in [-0.3, -0.25) is 0 Å². The molecule has 3 nitrogen and oxygen atoms in total. The molecule has 1 heterocycles. The van der Waals surface area contributed by atoms with Crippen molar-refractivity contribution in [2.45, 2.75) is 13.8 Å². The topological polar surface area (TPSA) is 47.3 Å². The molecule has 0 unspecified atom stereocenters. The summed E-state index contributed by atoms with van der Waals surface area (Å²) < 4.78 is 5.31. The van der Waals surface area contributed by atoms with Gasteiger partial charge in [-0.1, -0.05) is 37.4 Å². The Morgan fingerprint density at radius 3 is 2.57 bits per heavy atom. The summed E-state index contributed by atoms with van der Waals surface area (Å²) in [6.45, 7) is 15.7. The minimum atomic E-state index is 0.411. The molecule has 1 aliphatic heterocycles. The highest BCUT2D eigenvalue weighted by atomic mass is 35.5. The van der Waals surface area contributed by atoms with Gasteiger partial charge in [0, 0.05) is 23.2 Å². The Bertz CT molecular complexity index is 592. The quantitative estimate of drug-likeness (QED) is 0.443. The van der Waals surface area contributed by atoms with Gasteiger partial charge in [0.25, 0.3) is 0 Å². The van der Waals surface area contributed by atoms with Crippen LogP contribution in [-0.4, -0.2) is 6.61 Å². The normalized spacial score (nSPS) is 16.3. The average molecular weight is 305 g/mol. The molecule has 1 rings (SSSR count). The van der Waals surface area contributed by atoms with E-state index in [4.69, 9.17) is 22.1 Å². The first-order valence-corrected chi connectivity index (χ1v) is 6.87. The first-order chi connectivity index (χ1) is 9.92. The predicted molar refractivity (Wildman–Crippen MR) is 90.2 cm³/mol. The van der Waals surface area contributed by atoms with Crippen molar-refractivity contribution in [2.75, 3.05) is 6.61 Å². The Hall–Kier alpha value is -2.13. The molecule has 0 atom stereocenters. The van der Waals surface area contributed by atoms with Crippen LogP contribution in [0.5, 0.6) is 0 Å². The molecule has 21 heavy (non-hydrogen) atoms. The summed E-state index contributed by atoms with van der Waals surface area (Å²) in [6.07, 6.45) is 6.73. The maximum absolute atomic E-state index is 6.25. The lowest BCUT2D eigenvalue weighted by Crippen LogP contribution is -2.19. The van der Waals surface area contributed by atoms with Crippen LogP contribution < -0.4 is 11.1 Å². The Kier molecular flexibility index (Phi) is 6.12. The van der Waals surface area contributed by atoms with Gasteiger partial charge in [0.1, 0.15) is 12.4 Å². The summed E-state index contributed by atoms with van der Waals surface area (Å²) in [5.41, 5.74) is 9.96. The summed E-state index contributed by atoms with van der Waals surface area (Å²) in [4.78, 5) is 0. The van der Waals surface area contributed by atoms with Crippen molar-refractivity contribution < 1.29 is 4.74 Å². The number of dihydropyridines is 1. The molecule has 112 valence electrons. The van der Waals surface area contributed by atoms with Crippen LogP contribution in [0.15, 0.2) is 83.1 Å². The first-order valence-electron chi connectivity index (χ1n) is 6.49. The van der Waals surface area contributed by atoms with E-state index in [0.29, 0.717) is 17.4 Å². The Balaban J connectivity index is 2.99. The van der Waals surface area contributed by atoms with Crippen molar-refractivity contribution in [3.8, 4) is 0 Å². The van der Waals surface area contributed by atoms with Crippen LogP contribution in [0.4, 0.5) is 0 Å². The molecule has 3 N–H and O–H groups in total. The van der Waals surface area contributed by atoms with Crippen LogP contribution in [0.2, 0.25) is 0 Å². The molecule has 4 heteroatoms. The molecule has 0 amide bonds. The third-order valence-corrected chi connectivity index (χ3v) is 3.46. The highest BCUT2D eigenvalue weighted by Crippen LogP contribution is 2.34. The zero-order valence-electron chi connectivity index (χ0n) is 12.5. The van der Waals surface area contributed by atoms with Crippen molar-refractivity contribution in [1.82, 2.24) is 5.32 Å². The van der Waals surface area contributed by atoms with Crippen LogP contribution in [-0.2, 0) is 4.74 Å². The van der Waals surface area contributed by atoms with E-state index in [2.05, 4.69) is 25.1 Å². The second-order valence-corrected chi connectivity index (χ2v) is 4.94. The number of nitrogens with one attached hydrogen (secondary N) is 1. The molecule has 0 aromatic rings. The van der Waals surface area contributed by atoms with E-state index < -0.39 is 0 Å². The number of hydrogen-bond donors (Lipinski definition) is 2. The van der Waals surface area contributed by atoms with Gasteiger partial charge < -0.3 is 15.8 Å². The molecule has 0 fully saturated rings. The van der Waals surface area contributed by atoms with Gasteiger partial charge in [-0.05, 0) is 37.1 Å². The third-order valence-electron chi connectivity index (χ3n) is 2.95. The fourth-order valence-corrected chi connectivity index (χ4v) is 2.11. The van der Waals surface area contributed by atoms with E-state index in [0.717, 1.165) is 28.1 Å². The number of allylic oxidation sites excluding steroid dienone is 8. The highest BCUT2D eigenvalue weighted by molar-refractivity contribution is 6.33. The van der Waals surface area contributed by atoms with Gasteiger partial charge in [-0.25, -0.2) is 0 Å². The maximum atomic E-state index is 6.25. The smallest absolute Gasteiger partial charge is 0.112 e. The Morgan fingerprint density at radius 1 is 1.33 bits per heavy atom. The number of nitrogens with two attached hydrogens (primary N) is 1. The molecule has 0 aromatic heterocycles. The lowest BCUT2D eigenvalue weighted by atomic mass is 9.93. The van der Waals surface area contributed by atoms with Crippen molar-refractivity contribution in [1.29, 1.82) is 0 Å². The van der Waals surface area contributed by atoms with E-state index in [1.165, 1.54) is 6.20 Å². The zero-order valence-corrected chi connectivity index (χ0v) is 13.3. The molecular weight excluding hydrogens is 284 g/mol. The van der Waals surface area contributed by atoms with Crippen molar-refractivity contribution in [3.05, 3.63) is 83.1 Å². The molecule has 0 saturated heterocycles. The van der Waals surface area contributed by atoms with Crippen LogP contribution in [0, 0.1) is 0 Å². The van der Waals surface area contributed by atoms with Crippen molar-refractivity contribution in [2.24, 2.45) is 5.73 Å².